The van der Waals surface area contributed by atoms with E-state index < -0.39 is 21.7 Å². The third-order valence-electron chi connectivity index (χ3n) is 7.06. The van der Waals surface area contributed by atoms with Gasteiger partial charge >= 0.3 is 0 Å². The van der Waals surface area contributed by atoms with Crippen LogP contribution in [0.2, 0.25) is 5.02 Å². The van der Waals surface area contributed by atoms with E-state index in [9.17, 15) is 13.5 Å². The monoisotopic (exact) mass is 524 g/mol. The molecule has 8 heteroatoms. The van der Waals surface area contributed by atoms with Crippen molar-refractivity contribution in [3.8, 4) is 11.3 Å². The molecule has 4 aromatic rings. The molecule has 0 radical (unpaired) electrons. The fraction of sp³-hybridized carbons (Fsp3) is 0.296. The van der Waals surface area contributed by atoms with E-state index in [0.717, 1.165) is 56.6 Å². The number of benzene rings is 2. The van der Waals surface area contributed by atoms with E-state index in [0.29, 0.717) is 17.9 Å². The average Bonchev–Trinajstić information content (AvgIpc) is 3.61. The van der Waals surface area contributed by atoms with Crippen LogP contribution in [-0.2, 0) is 15.6 Å². The highest BCUT2D eigenvalue weighted by molar-refractivity contribution is 7.90. The van der Waals surface area contributed by atoms with Gasteiger partial charge in [0.25, 0.3) is 0 Å². The Balaban J connectivity index is 1.45. The van der Waals surface area contributed by atoms with E-state index in [4.69, 9.17) is 11.6 Å². The highest BCUT2D eigenvalue weighted by atomic mass is 35.5. The maximum Gasteiger partial charge on any atom is 0.215 e. The quantitative estimate of drug-likeness (QED) is 0.303. The number of sulfonamides is 1. The first-order valence-electron chi connectivity index (χ1n) is 11.8. The normalized spacial score (nSPS) is 18.3. The van der Waals surface area contributed by atoms with Crippen LogP contribution < -0.4 is 4.72 Å². The molecule has 2 aliphatic rings. The van der Waals surface area contributed by atoms with Crippen molar-refractivity contribution in [1.82, 2.24) is 9.71 Å². The molecule has 180 valence electrons. The topological polar surface area (TPSA) is 79.3 Å². The summed E-state index contributed by atoms with van der Waals surface area (Å²) >= 11 is 8.08. The molecule has 2 saturated carbocycles. The number of halogens is 1. The summed E-state index contributed by atoms with van der Waals surface area (Å²) < 4.78 is 29.9. The van der Waals surface area contributed by atoms with Gasteiger partial charge in [0.15, 0.2) is 0 Å². The Morgan fingerprint density at radius 2 is 1.89 bits per heavy atom. The minimum Gasteiger partial charge on any atom is -0.385 e. The summed E-state index contributed by atoms with van der Waals surface area (Å²) in [5, 5.41) is 12.1. The Kier molecular flexibility index (Phi) is 5.73. The van der Waals surface area contributed by atoms with E-state index in [1.165, 1.54) is 0 Å². The fourth-order valence-electron chi connectivity index (χ4n) is 4.72. The van der Waals surface area contributed by atoms with Crippen LogP contribution in [-0.4, -0.2) is 23.8 Å². The van der Waals surface area contributed by atoms with Crippen molar-refractivity contribution in [1.29, 1.82) is 0 Å². The highest BCUT2D eigenvalue weighted by Crippen LogP contribution is 2.44. The molecular formula is C27H25ClN2O3S2. The standard InChI is InChI=1S/C27H25ClN2O3S2/c28-22-8-2-1-6-20(22)25(30-35(32,33)19-9-10-19)24-15-17-5-3-7-21(26(17)34-24)23-16-18(11-14-29-23)27(31)12-4-13-27/h1-3,5-8,11,14-16,19,25,30-31H,4,9-10,12-13H2/t25-/m1/s1. The van der Waals surface area contributed by atoms with Crippen molar-refractivity contribution in [2.45, 2.75) is 49.0 Å². The van der Waals surface area contributed by atoms with E-state index >= 15 is 0 Å². The number of hydrogen-bond donors (Lipinski definition) is 2. The van der Waals surface area contributed by atoms with Gasteiger partial charge in [-0.05, 0) is 72.9 Å². The van der Waals surface area contributed by atoms with Gasteiger partial charge in [-0.1, -0.05) is 48.0 Å². The smallest absolute Gasteiger partial charge is 0.215 e. The number of nitrogens with zero attached hydrogens (tertiary/aromatic N) is 1. The van der Waals surface area contributed by atoms with E-state index in [1.807, 2.05) is 54.6 Å². The molecule has 2 aromatic heterocycles. The van der Waals surface area contributed by atoms with Gasteiger partial charge in [0.05, 0.1) is 22.6 Å². The van der Waals surface area contributed by atoms with Crippen LogP contribution >= 0.6 is 22.9 Å². The molecule has 2 fully saturated rings. The summed E-state index contributed by atoms with van der Waals surface area (Å²) in [4.78, 5) is 5.49. The van der Waals surface area contributed by atoms with E-state index in [1.54, 1.807) is 23.6 Å². The van der Waals surface area contributed by atoms with Crippen molar-refractivity contribution in [2.24, 2.45) is 0 Å². The van der Waals surface area contributed by atoms with Crippen LogP contribution in [0.25, 0.3) is 21.3 Å². The fourth-order valence-corrected chi connectivity index (χ4v) is 7.82. The zero-order valence-corrected chi connectivity index (χ0v) is 21.3. The van der Waals surface area contributed by atoms with Gasteiger partial charge in [-0.2, -0.15) is 0 Å². The Labute approximate surface area is 213 Å². The maximum absolute atomic E-state index is 12.9. The summed E-state index contributed by atoms with van der Waals surface area (Å²) in [7, 11) is -3.46. The Morgan fingerprint density at radius 3 is 2.60 bits per heavy atom. The maximum atomic E-state index is 12.9. The summed E-state index contributed by atoms with van der Waals surface area (Å²) in [6.45, 7) is 0. The third kappa shape index (κ3) is 4.30. The van der Waals surface area contributed by atoms with Crippen molar-refractivity contribution in [2.75, 3.05) is 0 Å². The first kappa shape index (κ1) is 23.1. The SMILES string of the molecule is O=S(=O)(N[C@@H](c1cc2cccc(-c3cc(C4(O)CCC4)ccn3)c2s1)c1ccccc1Cl)C1CC1. The van der Waals surface area contributed by atoms with Crippen LogP contribution in [0.4, 0.5) is 0 Å². The molecular weight excluding hydrogens is 500 g/mol. The largest absolute Gasteiger partial charge is 0.385 e. The molecule has 35 heavy (non-hydrogen) atoms. The number of nitrogens with one attached hydrogen (secondary N) is 1. The van der Waals surface area contributed by atoms with Gasteiger partial charge in [0.2, 0.25) is 10.0 Å². The lowest BCUT2D eigenvalue weighted by Crippen LogP contribution is -2.33. The molecule has 0 bridgehead atoms. The third-order valence-corrected chi connectivity index (χ3v) is 10.6. The van der Waals surface area contributed by atoms with Gasteiger partial charge in [-0.15, -0.1) is 11.3 Å². The van der Waals surface area contributed by atoms with E-state index in [-0.39, 0.29) is 5.25 Å². The Hall–Kier alpha value is -2.29. The molecule has 1 atom stereocenters. The second-order valence-electron chi connectivity index (χ2n) is 9.50. The Bertz CT molecular complexity index is 1520. The molecule has 2 N–H and O–H groups in total. The van der Waals surface area contributed by atoms with Crippen LogP contribution in [0.5, 0.6) is 0 Å². The number of fused-ring (bicyclic) bond motifs is 1. The van der Waals surface area contributed by atoms with Gasteiger partial charge in [-0.3, -0.25) is 4.98 Å². The predicted molar refractivity (Wildman–Crippen MR) is 141 cm³/mol. The molecule has 2 heterocycles. The summed E-state index contributed by atoms with van der Waals surface area (Å²) in [6.07, 6.45) is 5.70. The van der Waals surface area contributed by atoms with Crippen LogP contribution in [0, 0.1) is 0 Å². The zero-order valence-electron chi connectivity index (χ0n) is 18.9. The molecule has 2 aromatic carbocycles. The predicted octanol–water partition coefficient (Wildman–Crippen LogP) is 6.16. The highest BCUT2D eigenvalue weighted by Gasteiger charge is 2.38. The molecule has 0 spiro atoms. The van der Waals surface area contributed by atoms with Crippen LogP contribution in [0.15, 0.2) is 66.9 Å². The second kappa shape index (κ2) is 8.68. The number of pyridine rings is 1. The van der Waals surface area contributed by atoms with Gasteiger partial charge in [0.1, 0.15) is 0 Å². The average molecular weight is 525 g/mol. The molecule has 0 saturated heterocycles. The minimum atomic E-state index is -3.46. The molecule has 0 aliphatic heterocycles. The van der Waals surface area contributed by atoms with Gasteiger partial charge in [-0.25, -0.2) is 13.1 Å². The van der Waals surface area contributed by atoms with Gasteiger partial charge in [0, 0.05) is 26.4 Å². The Morgan fingerprint density at radius 1 is 1.09 bits per heavy atom. The molecule has 6 rings (SSSR count). The number of rotatable bonds is 7. The summed E-state index contributed by atoms with van der Waals surface area (Å²) in [6, 6.07) is 18.8. The number of thiophene rings is 1. The number of aliphatic hydroxyl groups is 1. The van der Waals surface area contributed by atoms with Gasteiger partial charge < -0.3 is 5.11 Å². The zero-order chi connectivity index (χ0) is 24.2. The van der Waals surface area contributed by atoms with Crippen molar-refractivity contribution < 1.29 is 13.5 Å². The lowest BCUT2D eigenvalue weighted by atomic mass is 9.75. The number of hydrogen-bond acceptors (Lipinski definition) is 5. The first-order chi connectivity index (χ1) is 16.8. The molecule has 0 unspecified atom stereocenters. The number of aromatic nitrogens is 1. The van der Waals surface area contributed by atoms with Crippen molar-refractivity contribution in [3.63, 3.8) is 0 Å². The van der Waals surface area contributed by atoms with Crippen molar-refractivity contribution in [3.05, 3.63) is 87.9 Å². The first-order valence-corrected chi connectivity index (χ1v) is 14.6. The minimum absolute atomic E-state index is 0.332. The molecule has 5 nitrogen and oxygen atoms in total. The molecule has 2 aliphatic carbocycles. The van der Waals surface area contributed by atoms with E-state index in [2.05, 4.69) is 9.71 Å². The molecule has 0 amide bonds. The summed E-state index contributed by atoms with van der Waals surface area (Å²) in [5.41, 5.74) is 2.64. The van der Waals surface area contributed by atoms with Crippen LogP contribution in [0.3, 0.4) is 0 Å². The van der Waals surface area contributed by atoms with Crippen molar-refractivity contribution >= 4 is 43.0 Å². The van der Waals surface area contributed by atoms with Crippen LogP contribution in [0.1, 0.15) is 54.1 Å². The second-order valence-corrected chi connectivity index (χ2v) is 13.0. The summed E-state index contributed by atoms with van der Waals surface area (Å²) in [5.74, 6) is 0. The lowest BCUT2D eigenvalue weighted by Gasteiger charge is -2.37. The lowest BCUT2D eigenvalue weighted by molar-refractivity contribution is -0.0388.